The van der Waals surface area contributed by atoms with Crippen LogP contribution in [0.5, 0.6) is 0 Å². The number of carbonyl (C=O) groups is 1. The number of ether oxygens (including phenoxy) is 2. The predicted molar refractivity (Wildman–Crippen MR) is 52.3 cm³/mol. The van der Waals surface area contributed by atoms with Crippen molar-refractivity contribution >= 4 is 5.97 Å². The molecule has 86 valence electrons. The van der Waals surface area contributed by atoms with Gasteiger partial charge in [0, 0.05) is 19.6 Å². The van der Waals surface area contributed by atoms with Crippen LogP contribution in [0, 0.1) is 0 Å². The van der Waals surface area contributed by atoms with Gasteiger partial charge in [-0.25, -0.2) is 0 Å². The van der Waals surface area contributed by atoms with Gasteiger partial charge in [-0.05, 0) is 12.8 Å². The molecule has 2 aliphatic rings. The Kier molecular flexibility index (Phi) is 3.56. The molecule has 0 aromatic carbocycles. The largest absolute Gasteiger partial charge is 0.462 e. The average molecular weight is 215 g/mol. The minimum atomic E-state index is -0.426. The molecule has 0 radical (unpaired) electrons. The van der Waals surface area contributed by atoms with E-state index in [0.29, 0.717) is 19.6 Å². The standard InChI is InChI=1S/C10H17NO4/c12-7-4-9(11-5-7)10(13)15-6-8-2-1-3-14-8/h7-9,11-12H,1-6H2/t7-,8?,9+/m1/s1. The lowest BCUT2D eigenvalue weighted by Crippen LogP contribution is -2.34. The molecular formula is C10H17NO4. The summed E-state index contributed by atoms with van der Waals surface area (Å²) in [6, 6.07) is -0.346. The fourth-order valence-corrected chi connectivity index (χ4v) is 1.95. The summed E-state index contributed by atoms with van der Waals surface area (Å²) in [6.45, 7) is 1.58. The van der Waals surface area contributed by atoms with E-state index in [1.54, 1.807) is 0 Å². The third-order valence-corrected chi connectivity index (χ3v) is 2.83. The second-order valence-electron chi connectivity index (χ2n) is 4.12. The van der Waals surface area contributed by atoms with Crippen molar-refractivity contribution in [1.82, 2.24) is 5.32 Å². The predicted octanol–water partition coefficient (Wildman–Crippen LogP) is -0.569. The lowest BCUT2D eigenvalue weighted by molar-refractivity contribution is -0.149. The van der Waals surface area contributed by atoms with E-state index < -0.39 is 6.10 Å². The van der Waals surface area contributed by atoms with Crippen LogP contribution >= 0.6 is 0 Å². The minimum Gasteiger partial charge on any atom is -0.462 e. The molecule has 2 rings (SSSR count). The molecule has 5 nitrogen and oxygen atoms in total. The fraction of sp³-hybridized carbons (Fsp3) is 0.900. The Hall–Kier alpha value is -0.650. The van der Waals surface area contributed by atoms with Gasteiger partial charge in [-0.1, -0.05) is 0 Å². The summed E-state index contributed by atoms with van der Waals surface area (Å²) in [5.41, 5.74) is 0. The molecule has 0 spiro atoms. The van der Waals surface area contributed by atoms with Crippen LogP contribution in [0.4, 0.5) is 0 Å². The highest BCUT2D eigenvalue weighted by Gasteiger charge is 2.30. The van der Waals surface area contributed by atoms with Crippen LogP contribution in [0.25, 0.3) is 0 Å². The maximum atomic E-state index is 11.5. The van der Waals surface area contributed by atoms with E-state index in [4.69, 9.17) is 9.47 Å². The van der Waals surface area contributed by atoms with Crippen molar-refractivity contribution in [1.29, 1.82) is 0 Å². The van der Waals surface area contributed by atoms with Crippen molar-refractivity contribution in [3.8, 4) is 0 Å². The first-order valence-corrected chi connectivity index (χ1v) is 5.45. The highest BCUT2D eigenvalue weighted by Crippen LogP contribution is 2.13. The molecular weight excluding hydrogens is 198 g/mol. The smallest absolute Gasteiger partial charge is 0.323 e. The van der Waals surface area contributed by atoms with Gasteiger partial charge in [0.05, 0.1) is 12.2 Å². The Balaban J connectivity index is 1.67. The summed E-state index contributed by atoms with van der Waals surface area (Å²) >= 11 is 0. The van der Waals surface area contributed by atoms with E-state index in [2.05, 4.69) is 5.32 Å². The number of aliphatic hydroxyl groups excluding tert-OH is 1. The van der Waals surface area contributed by atoms with Crippen molar-refractivity contribution in [2.45, 2.75) is 37.5 Å². The van der Waals surface area contributed by atoms with Gasteiger partial charge >= 0.3 is 5.97 Å². The lowest BCUT2D eigenvalue weighted by Gasteiger charge is -2.13. The molecule has 5 heteroatoms. The third kappa shape index (κ3) is 2.90. The first-order chi connectivity index (χ1) is 7.25. The molecule has 0 saturated carbocycles. The summed E-state index contributed by atoms with van der Waals surface area (Å²) in [4.78, 5) is 11.5. The van der Waals surface area contributed by atoms with Crippen LogP contribution in [-0.4, -0.2) is 49.1 Å². The van der Waals surface area contributed by atoms with Crippen molar-refractivity contribution < 1.29 is 19.4 Å². The van der Waals surface area contributed by atoms with Crippen LogP contribution in [0.2, 0.25) is 0 Å². The monoisotopic (exact) mass is 215 g/mol. The van der Waals surface area contributed by atoms with Gasteiger partial charge in [-0.2, -0.15) is 0 Å². The van der Waals surface area contributed by atoms with Gasteiger partial charge in [0.1, 0.15) is 12.6 Å². The molecule has 2 N–H and O–H groups in total. The quantitative estimate of drug-likeness (QED) is 0.617. The maximum Gasteiger partial charge on any atom is 0.323 e. The number of β-amino-alcohol motifs (C(OH)–C–C–N with tert-alkyl or cyclic N) is 1. The number of aliphatic hydroxyl groups is 1. The molecule has 0 aliphatic carbocycles. The first-order valence-electron chi connectivity index (χ1n) is 5.45. The SMILES string of the molecule is O=C(OCC1CCCO1)[C@@H]1C[C@@H](O)CN1. The van der Waals surface area contributed by atoms with Crippen LogP contribution in [0.15, 0.2) is 0 Å². The fourth-order valence-electron chi connectivity index (χ4n) is 1.95. The summed E-state index contributed by atoms with van der Waals surface area (Å²) in [7, 11) is 0. The normalized spacial score (nSPS) is 35.7. The van der Waals surface area contributed by atoms with Gasteiger partial charge in [-0.3, -0.25) is 4.79 Å². The number of rotatable bonds is 3. The van der Waals surface area contributed by atoms with Crippen LogP contribution in [0.3, 0.4) is 0 Å². The Labute approximate surface area is 88.7 Å². The highest BCUT2D eigenvalue weighted by atomic mass is 16.6. The van der Waals surface area contributed by atoms with Gasteiger partial charge in [0.25, 0.3) is 0 Å². The van der Waals surface area contributed by atoms with E-state index >= 15 is 0 Å². The minimum absolute atomic E-state index is 0.0697. The molecule has 1 unspecified atom stereocenters. The van der Waals surface area contributed by atoms with E-state index in [1.807, 2.05) is 0 Å². The number of hydrogen-bond acceptors (Lipinski definition) is 5. The number of esters is 1. The number of nitrogens with one attached hydrogen (secondary N) is 1. The van der Waals surface area contributed by atoms with E-state index in [1.165, 1.54) is 0 Å². The van der Waals surface area contributed by atoms with Crippen molar-refractivity contribution in [2.75, 3.05) is 19.8 Å². The van der Waals surface area contributed by atoms with Gasteiger partial charge in [0.15, 0.2) is 0 Å². The van der Waals surface area contributed by atoms with Gasteiger partial charge in [-0.15, -0.1) is 0 Å². The molecule has 0 aromatic rings. The lowest BCUT2D eigenvalue weighted by atomic mass is 10.2. The number of carbonyl (C=O) groups excluding carboxylic acids is 1. The summed E-state index contributed by atoms with van der Waals surface area (Å²) in [5.74, 6) is -0.276. The summed E-state index contributed by atoms with van der Waals surface area (Å²) in [6.07, 6.45) is 2.10. The molecule has 0 aromatic heterocycles. The Morgan fingerprint density at radius 1 is 1.60 bits per heavy atom. The van der Waals surface area contributed by atoms with E-state index in [9.17, 15) is 9.90 Å². The van der Waals surface area contributed by atoms with Gasteiger partial charge < -0.3 is 19.9 Å². The zero-order valence-corrected chi connectivity index (χ0v) is 8.65. The molecule has 2 fully saturated rings. The summed E-state index contributed by atoms with van der Waals surface area (Å²) in [5, 5.41) is 12.1. The molecule has 15 heavy (non-hydrogen) atoms. The van der Waals surface area contributed by atoms with E-state index in [0.717, 1.165) is 19.4 Å². The van der Waals surface area contributed by atoms with Crippen molar-refractivity contribution in [3.05, 3.63) is 0 Å². The zero-order chi connectivity index (χ0) is 10.7. The van der Waals surface area contributed by atoms with E-state index in [-0.39, 0.29) is 18.1 Å². The van der Waals surface area contributed by atoms with Crippen LogP contribution < -0.4 is 5.32 Å². The second kappa shape index (κ2) is 4.92. The Morgan fingerprint density at radius 3 is 3.07 bits per heavy atom. The molecule has 0 bridgehead atoms. The topological polar surface area (TPSA) is 67.8 Å². The Morgan fingerprint density at radius 2 is 2.47 bits per heavy atom. The third-order valence-electron chi connectivity index (χ3n) is 2.83. The zero-order valence-electron chi connectivity index (χ0n) is 8.65. The van der Waals surface area contributed by atoms with Crippen molar-refractivity contribution in [2.24, 2.45) is 0 Å². The number of hydrogen-bond donors (Lipinski definition) is 2. The molecule has 3 atom stereocenters. The molecule has 2 heterocycles. The highest BCUT2D eigenvalue weighted by molar-refractivity contribution is 5.76. The Bertz CT molecular complexity index is 227. The summed E-state index contributed by atoms with van der Waals surface area (Å²) < 4.78 is 10.5. The molecule has 2 aliphatic heterocycles. The van der Waals surface area contributed by atoms with Gasteiger partial charge in [0.2, 0.25) is 0 Å². The first kappa shape index (κ1) is 10.9. The molecule has 0 amide bonds. The van der Waals surface area contributed by atoms with Crippen molar-refractivity contribution in [3.63, 3.8) is 0 Å². The average Bonchev–Trinajstić information content (AvgIpc) is 2.84. The van der Waals surface area contributed by atoms with Crippen LogP contribution in [-0.2, 0) is 14.3 Å². The second-order valence-corrected chi connectivity index (χ2v) is 4.12. The van der Waals surface area contributed by atoms with Crippen LogP contribution in [0.1, 0.15) is 19.3 Å². The maximum absolute atomic E-state index is 11.5. The molecule has 2 saturated heterocycles.